The second-order valence-corrected chi connectivity index (χ2v) is 6.54. The molecule has 1 fully saturated rings. The highest BCUT2D eigenvalue weighted by molar-refractivity contribution is 5.91. The third kappa shape index (κ3) is 3.94. The van der Waals surface area contributed by atoms with Crippen LogP contribution in [0.2, 0.25) is 0 Å². The molecule has 2 aromatic rings. The summed E-state index contributed by atoms with van der Waals surface area (Å²) in [6.45, 7) is 3.81. The summed E-state index contributed by atoms with van der Waals surface area (Å²) in [4.78, 5) is 26.3. The van der Waals surface area contributed by atoms with Gasteiger partial charge in [-0.05, 0) is 24.1 Å². The number of nitrogens with zero attached hydrogens (tertiary/aromatic N) is 1. The summed E-state index contributed by atoms with van der Waals surface area (Å²) in [5.41, 5.74) is 2.37. The first-order chi connectivity index (χ1) is 12.6. The van der Waals surface area contributed by atoms with E-state index in [4.69, 9.17) is 4.74 Å². The number of carboxylic acid groups (broad SMARTS) is 1. The predicted molar refractivity (Wildman–Crippen MR) is 98.0 cm³/mol. The number of likely N-dealkylation sites (tertiary alicyclic amines) is 1. The molecule has 0 saturated carbocycles. The molecule has 1 N–H and O–H groups in total. The first-order valence-corrected chi connectivity index (χ1v) is 8.85. The zero-order valence-electron chi connectivity index (χ0n) is 14.8. The Labute approximate surface area is 153 Å². The predicted octanol–water partition coefficient (Wildman–Crippen LogP) is 3.16. The third-order valence-corrected chi connectivity index (χ3v) is 4.82. The molecule has 5 nitrogen and oxygen atoms in total. The average Bonchev–Trinajstić information content (AvgIpc) is 3.07. The summed E-state index contributed by atoms with van der Waals surface area (Å²) >= 11 is 0. The number of hydrogen-bond donors (Lipinski definition) is 1. The molecular weight excluding hydrogens is 330 g/mol. The zero-order chi connectivity index (χ0) is 18.5. The topological polar surface area (TPSA) is 66.8 Å². The lowest BCUT2D eigenvalue weighted by molar-refractivity contribution is -0.141. The van der Waals surface area contributed by atoms with Crippen molar-refractivity contribution in [3.63, 3.8) is 0 Å². The van der Waals surface area contributed by atoms with Gasteiger partial charge in [0.25, 0.3) is 0 Å². The van der Waals surface area contributed by atoms with Crippen LogP contribution < -0.4 is 0 Å². The molecule has 3 rings (SSSR count). The van der Waals surface area contributed by atoms with Crippen LogP contribution in [-0.4, -0.2) is 41.6 Å². The molecule has 0 aromatic heterocycles. The molecule has 2 unspecified atom stereocenters. The van der Waals surface area contributed by atoms with Crippen molar-refractivity contribution >= 4 is 11.9 Å². The van der Waals surface area contributed by atoms with E-state index >= 15 is 0 Å². The molecule has 0 bridgehead atoms. The highest BCUT2D eigenvalue weighted by Gasteiger charge is 2.40. The van der Waals surface area contributed by atoms with E-state index in [9.17, 15) is 14.7 Å². The van der Waals surface area contributed by atoms with Crippen molar-refractivity contribution in [1.82, 2.24) is 4.90 Å². The van der Waals surface area contributed by atoms with Crippen LogP contribution in [0, 0.1) is 5.92 Å². The molecule has 1 heterocycles. The molecule has 136 valence electrons. The van der Waals surface area contributed by atoms with Crippen molar-refractivity contribution in [3.8, 4) is 0 Å². The number of ether oxygens (including phenoxy) is 1. The fourth-order valence-electron chi connectivity index (χ4n) is 3.64. The highest BCUT2D eigenvalue weighted by atomic mass is 16.5. The second kappa shape index (κ2) is 8.15. The number of carboxylic acids is 1. The maximum absolute atomic E-state index is 12.3. The summed E-state index contributed by atoms with van der Waals surface area (Å²) in [7, 11) is 0. The van der Waals surface area contributed by atoms with Gasteiger partial charge in [0.2, 0.25) is 0 Å². The second-order valence-electron chi connectivity index (χ2n) is 6.54. The number of aliphatic carboxylic acids is 1. The van der Waals surface area contributed by atoms with Gasteiger partial charge in [-0.1, -0.05) is 48.5 Å². The van der Waals surface area contributed by atoms with E-state index in [0.717, 1.165) is 11.1 Å². The minimum Gasteiger partial charge on any atom is -0.481 e. The quantitative estimate of drug-likeness (QED) is 0.808. The van der Waals surface area contributed by atoms with E-state index in [0.29, 0.717) is 31.8 Å². The van der Waals surface area contributed by atoms with Crippen LogP contribution in [0.5, 0.6) is 0 Å². The van der Waals surface area contributed by atoms with Crippen LogP contribution in [0.25, 0.3) is 0 Å². The fourth-order valence-corrected chi connectivity index (χ4v) is 3.64. The average molecular weight is 353 g/mol. The van der Waals surface area contributed by atoms with Crippen molar-refractivity contribution in [3.05, 3.63) is 71.3 Å². The molecule has 0 radical (unpaired) electrons. The van der Waals surface area contributed by atoms with Gasteiger partial charge >= 0.3 is 11.9 Å². The molecule has 1 saturated heterocycles. The molecule has 2 atom stereocenters. The fraction of sp³-hybridized carbons (Fsp3) is 0.333. The van der Waals surface area contributed by atoms with E-state index in [-0.39, 0.29) is 5.92 Å². The Hall–Kier alpha value is -2.66. The minimum absolute atomic E-state index is 0.239. The number of hydrogen-bond acceptors (Lipinski definition) is 4. The molecule has 1 aliphatic heterocycles. The largest absolute Gasteiger partial charge is 0.481 e. The van der Waals surface area contributed by atoms with Gasteiger partial charge in [-0.15, -0.1) is 0 Å². The number of carbonyl (C=O) groups excluding carboxylic acids is 1. The molecule has 0 amide bonds. The van der Waals surface area contributed by atoms with Gasteiger partial charge in [-0.2, -0.15) is 0 Å². The van der Waals surface area contributed by atoms with Crippen molar-refractivity contribution in [1.29, 1.82) is 0 Å². The monoisotopic (exact) mass is 353 g/mol. The Morgan fingerprint density at radius 2 is 1.77 bits per heavy atom. The number of carbonyl (C=O) groups is 2. The molecule has 1 aliphatic rings. The van der Waals surface area contributed by atoms with Crippen LogP contribution in [0.4, 0.5) is 0 Å². The van der Waals surface area contributed by atoms with E-state index in [1.807, 2.05) is 42.5 Å². The highest BCUT2D eigenvalue weighted by Crippen LogP contribution is 2.35. The smallest absolute Gasteiger partial charge is 0.338 e. The Bertz CT molecular complexity index is 775. The molecule has 26 heavy (non-hydrogen) atoms. The van der Waals surface area contributed by atoms with Gasteiger partial charge in [0.1, 0.15) is 0 Å². The molecule has 0 aliphatic carbocycles. The van der Waals surface area contributed by atoms with Gasteiger partial charge < -0.3 is 9.84 Å². The van der Waals surface area contributed by atoms with Crippen molar-refractivity contribution < 1.29 is 19.4 Å². The molecule has 0 spiro atoms. The Kier molecular flexibility index (Phi) is 5.68. The molecular formula is C21H23NO4. The lowest BCUT2D eigenvalue weighted by Gasteiger charge is -2.18. The lowest BCUT2D eigenvalue weighted by atomic mass is 9.86. The van der Waals surface area contributed by atoms with Gasteiger partial charge in [0.15, 0.2) is 0 Å². The van der Waals surface area contributed by atoms with Crippen molar-refractivity contribution in [2.45, 2.75) is 19.4 Å². The first-order valence-electron chi connectivity index (χ1n) is 8.85. The Morgan fingerprint density at radius 3 is 2.46 bits per heavy atom. The summed E-state index contributed by atoms with van der Waals surface area (Å²) < 4.78 is 5.15. The van der Waals surface area contributed by atoms with Crippen LogP contribution in [0.15, 0.2) is 54.6 Å². The normalized spacial score (nSPS) is 20.0. The zero-order valence-corrected chi connectivity index (χ0v) is 14.8. The Morgan fingerprint density at radius 1 is 1.08 bits per heavy atom. The summed E-state index contributed by atoms with van der Waals surface area (Å²) in [6, 6.07) is 17.2. The maximum Gasteiger partial charge on any atom is 0.338 e. The van der Waals surface area contributed by atoms with Crippen molar-refractivity contribution in [2.24, 2.45) is 5.92 Å². The Balaban J connectivity index is 1.86. The summed E-state index contributed by atoms with van der Waals surface area (Å²) in [5, 5.41) is 9.72. The maximum atomic E-state index is 12.3. The standard InChI is InChI=1S/C21H23NO4/c1-2-26-21(25)17-11-7-6-10-16(17)18-13-22(14-19(18)20(23)24)12-15-8-4-3-5-9-15/h3-11,18-19H,2,12-14H2,1H3,(H,23,24). The van der Waals surface area contributed by atoms with Gasteiger partial charge in [-0.3, -0.25) is 9.69 Å². The number of esters is 1. The van der Waals surface area contributed by atoms with E-state index in [1.165, 1.54) is 0 Å². The SMILES string of the molecule is CCOC(=O)c1ccccc1C1CN(Cc2ccccc2)CC1C(=O)O. The lowest BCUT2D eigenvalue weighted by Crippen LogP contribution is -2.23. The molecule has 5 heteroatoms. The van der Waals surface area contributed by atoms with E-state index in [2.05, 4.69) is 4.90 Å². The van der Waals surface area contributed by atoms with Gasteiger partial charge in [-0.25, -0.2) is 4.79 Å². The number of benzene rings is 2. The number of rotatable bonds is 6. The summed E-state index contributed by atoms with van der Waals surface area (Å²) in [5.74, 6) is -2.01. The van der Waals surface area contributed by atoms with Crippen LogP contribution >= 0.6 is 0 Å². The van der Waals surface area contributed by atoms with Crippen molar-refractivity contribution in [2.75, 3.05) is 19.7 Å². The van der Waals surface area contributed by atoms with Crippen LogP contribution in [-0.2, 0) is 16.1 Å². The van der Waals surface area contributed by atoms with Crippen LogP contribution in [0.1, 0.15) is 34.3 Å². The summed E-state index contributed by atoms with van der Waals surface area (Å²) in [6.07, 6.45) is 0. The van der Waals surface area contributed by atoms with Crippen LogP contribution in [0.3, 0.4) is 0 Å². The first kappa shape index (κ1) is 18.1. The minimum atomic E-state index is -0.829. The van der Waals surface area contributed by atoms with Gasteiger partial charge in [0, 0.05) is 25.6 Å². The van der Waals surface area contributed by atoms with E-state index < -0.39 is 17.9 Å². The molecule has 2 aromatic carbocycles. The van der Waals surface area contributed by atoms with Gasteiger partial charge in [0.05, 0.1) is 18.1 Å². The van der Waals surface area contributed by atoms with E-state index in [1.54, 1.807) is 19.1 Å². The third-order valence-electron chi connectivity index (χ3n) is 4.82.